The van der Waals surface area contributed by atoms with Gasteiger partial charge in [0.05, 0.1) is 19.3 Å². The minimum absolute atomic E-state index is 0.558. The number of hydrogen-bond donors (Lipinski definition) is 1. The van der Waals surface area contributed by atoms with Gasteiger partial charge in [-0.05, 0) is 63.3 Å². The predicted octanol–water partition coefficient (Wildman–Crippen LogP) is 3.26. The lowest BCUT2D eigenvalue weighted by molar-refractivity contribution is 0.0299. The molecular formula is C24H34N2O4. The maximum absolute atomic E-state index is 10.9. The first-order valence-electron chi connectivity index (χ1n) is 10.5. The van der Waals surface area contributed by atoms with Gasteiger partial charge in [0.1, 0.15) is 12.4 Å². The Morgan fingerprint density at radius 3 is 2.67 bits per heavy atom. The molecule has 0 fully saturated rings. The smallest absolute Gasteiger partial charge is 0.161 e. The summed E-state index contributed by atoms with van der Waals surface area (Å²) in [5, 5.41) is 10.9. The normalized spacial score (nSPS) is 16.4. The highest BCUT2D eigenvalue weighted by molar-refractivity contribution is 5.43. The van der Waals surface area contributed by atoms with Crippen molar-refractivity contribution in [2.24, 2.45) is 0 Å². The van der Waals surface area contributed by atoms with E-state index in [4.69, 9.17) is 14.2 Å². The fraction of sp³-hybridized carbons (Fsp3) is 0.500. The number of aliphatic hydroxyl groups is 1. The van der Waals surface area contributed by atoms with Crippen molar-refractivity contribution in [3.8, 4) is 17.2 Å². The first kappa shape index (κ1) is 22.4. The van der Waals surface area contributed by atoms with E-state index in [1.54, 1.807) is 7.11 Å². The Labute approximate surface area is 180 Å². The Kier molecular flexibility index (Phi) is 7.23. The van der Waals surface area contributed by atoms with E-state index in [9.17, 15) is 5.11 Å². The molecule has 1 unspecified atom stereocenters. The molecule has 0 amide bonds. The summed E-state index contributed by atoms with van der Waals surface area (Å²) < 4.78 is 17.1. The number of rotatable bonds is 8. The van der Waals surface area contributed by atoms with E-state index >= 15 is 0 Å². The van der Waals surface area contributed by atoms with Crippen molar-refractivity contribution in [1.82, 2.24) is 9.80 Å². The van der Waals surface area contributed by atoms with Crippen LogP contribution in [0.15, 0.2) is 36.4 Å². The Morgan fingerprint density at radius 1 is 1.17 bits per heavy atom. The zero-order valence-electron chi connectivity index (χ0n) is 18.8. The lowest BCUT2D eigenvalue weighted by atomic mass is 9.93. The molecule has 6 nitrogen and oxygen atoms in total. The summed E-state index contributed by atoms with van der Waals surface area (Å²) in [6.07, 6.45) is 0. The van der Waals surface area contributed by atoms with Crippen LogP contribution in [-0.2, 0) is 18.7 Å². The van der Waals surface area contributed by atoms with Gasteiger partial charge in [0.25, 0.3) is 0 Å². The van der Waals surface area contributed by atoms with Crippen LogP contribution in [0.5, 0.6) is 17.2 Å². The fourth-order valence-electron chi connectivity index (χ4n) is 3.97. The monoisotopic (exact) mass is 414 g/mol. The Balaban J connectivity index is 1.79. The van der Waals surface area contributed by atoms with Crippen molar-refractivity contribution in [2.45, 2.75) is 32.5 Å². The van der Waals surface area contributed by atoms with E-state index in [1.165, 1.54) is 5.56 Å². The second-order valence-corrected chi connectivity index (χ2v) is 8.31. The molecule has 1 atom stereocenters. The maximum Gasteiger partial charge on any atom is 0.161 e. The Hall–Kier alpha value is -2.28. The number of methoxy groups -OCH3 is 1. The minimum Gasteiger partial charge on any atom is -0.493 e. The van der Waals surface area contributed by atoms with Crippen LogP contribution >= 0.6 is 0 Å². The molecule has 1 aliphatic rings. The van der Waals surface area contributed by atoms with Crippen LogP contribution in [0.2, 0.25) is 0 Å². The van der Waals surface area contributed by atoms with Crippen LogP contribution in [0.3, 0.4) is 0 Å². The van der Waals surface area contributed by atoms with Crippen LogP contribution in [0.4, 0.5) is 0 Å². The standard InChI is InChI=1S/C24H34N2O4/c1-6-29-23-13-18(7-9-22(23)28-5)15-26-11-12-30-21-10-8-20(14-19(21)16-26)24(2,27)17-25(3)4/h7-10,13-14,27H,6,11-12,15-17H2,1-5H3. The molecule has 1 aliphatic heterocycles. The second kappa shape index (κ2) is 9.69. The first-order chi connectivity index (χ1) is 14.3. The molecule has 0 bridgehead atoms. The minimum atomic E-state index is -0.919. The van der Waals surface area contributed by atoms with E-state index < -0.39 is 5.60 Å². The summed E-state index contributed by atoms with van der Waals surface area (Å²) >= 11 is 0. The lowest BCUT2D eigenvalue weighted by Gasteiger charge is -2.28. The number of hydrogen-bond acceptors (Lipinski definition) is 6. The molecule has 2 aromatic rings. The van der Waals surface area contributed by atoms with E-state index in [0.29, 0.717) is 19.8 Å². The molecule has 1 N–H and O–H groups in total. The summed E-state index contributed by atoms with van der Waals surface area (Å²) in [6, 6.07) is 12.1. The number of fused-ring (bicyclic) bond motifs is 1. The molecule has 0 aliphatic carbocycles. The quantitative estimate of drug-likeness (QED) is 0.716. The Bertz CT molecular complexity index is 851. The molecule has 6 heteroatoms. The molecular weight excluding hydrogens is 380 g/mol. The van der Waals surface area contributed by atoms with Gasteiger partial charge in [-0.3, -0.25) is 4.90 Å². The van der Waals surface area contributed by atoms with Crippen LogP contribution < -0.4 is 14.2 Å². The molecule has 0 radical (unpaired) electrons. The number of nitrogens with zero attached hydrogens (tertiary/aromatic N) is 2. The fourth-order valence-corrected chi connectivity index (χ4v) is 3.97. The van der Waals surface area contributed by atoms with Crippen LogP contribution in [0.1, 0.15) is 30.5 Å². The average Bonchev–Trinajstić information content (AvgIpc) is 2.88. The first-order valence-corrected chi connectivity index (χ1v) is 10.5. The summed E-state index contributed by atoms with van der Waals surface area (Å²) in [5.41, 5.74) is 2.25. The van der Waals surface area contributed by atoms with Gasteiger partial charge in [-0.2, -0.15) is 0 Å². The molecule has 0 aromatic heterocycles. The third-order valence-corrected chi connectivity index (χ3v) is 5.30. The van der Waals surface area contributed by atoms with Gasteiger partial charge in [-0.15, -0.1) is 0 Å². The van der Waals surface area contributed by atoms with Crippen molar-refractivity contribution < 1.29 is 19.3 Å². The summed E-state index contributed by atoms with van der Waals surface area (Å²) in [4.78, 5) is 4.35. The number of likely N-dealkylation sites (N-methyl/N-ethyl adjacent to an activating group) is 1. The van der Waals surface area contributed by atoms with Gasteiger partial charge in [-0.1, -0.05) is 12.1 Å². The largest absolute Gasteiger partial charge is 0.493 e. The number of ether oxygens (including phenoxy) is 3. The van der Waals surface area contributed by atoms with Crippen LogP contribution in [0, 0.1) is 0 Å². The van der Waals surface area contributed by atoms with Crippen molar-refractivity contribution in [3.05, 3.63) is 53.1 Å². The van der Waals surface area contributed by atoms with E-state index in [0.717, 1.165) is 48.0 Å². The molecule has 30 heavy (non-hydrogen) atoms. The summed E-state index contributed by atoms with van der Waals surface area (Å²) in [5.74, 6) is 2.41. The highest BCUT2D eigenvalue weighted by Crippen LogP contribution is 2.32. The lowest BCUT2D eigenvalue weighted by Crippen LogP contribution is -2.34. The predicted molar refractivity (Wildman–Crippen MR) is 118 cm³/mol. The third-order valence-electron chi connectivity index (χ3n) is 5.30. The van der Waals surface area contributed by atoms with Gasteiger partial charge in [-0.25, -0.2) is 0 Å². The van der Waals surface area contributed by atoms with Crippen LogP contribution in [0.25, 0.3) is 0 Å². The maximum atomic E-state index is 10.9. The molecule has 1 heterocycles. The van der Waals surface area contributed by atoms with Gasteiger partial charge < -0.3 is 24.2 Å². The SMILES string of the molecule is CCOc1cc(CN2CCOc3ccc(C(C)(O)CN(C)C)cc3C2)ccc1OC. The topological polar surface area (TPSA) is 54.4 Å². The van der Waals surface area contributed by atoms with E-state index in [2.05, 4.69) is 17.0 Å². The van der Waals surface area contributed by atoms with Gasteiger partial charge in [0, 0.05) is 31.7 Å². The molecule has 0 spiro atoms. The average molecular weight is 415 g/mol. The van der Waals surface area contributed by atoms with Crippen molar-refractivity contribution in [3.63, 3.8) is 0 Å². The van der Waals surface area contributed by atoms with Crippen LogP contribution in [-0.4, -0.2) is 62.4 Å². The zero-order valence-corrected chi connectivity index (χ0v) is 18.8. The van der Waals surface area contributed by atoms with E-state index in [1.807, 2.05) is 57.1 Å². The molecule has 164 valence electrons. The number of benzene rings is 2. The van der Waals surface area contributed by atoms with Crippen molar-refractivity contribution in [2.75, 3.05) is 47.5 Å². The summed E-state index contributed by atoms with van der Waals surface area (Å²) in [6.45, 7) is 7.99. The third kappa shape index (κ3) is 5.45. The molecule has 0 saturated heterocycles. The second-order valence-electron chi connectivity index (χ2n) is 8.31. The highest BCUT2D eigenvalue weighted by atomic mass is 16.5. The van der Waals surface area contributed by atoms with Gasteiger partial charge >= 0.3 is 0 Å². The molecule has 3 rings (SSSR count). The van der Waals surface area contributed by atoms with Crippen molar-refractivity contribution in [1.29, 1.82) is 0 Å². The zero-order chi connectivity index (χ0) is 21.7. The van der Waals surface area contributed by atoms with Gasteiger partial charge in [0.15, 0.2) is 11.5 Å². The molecule has 2 aromatic carbocycles. The highest BCUT2D eigenvalue weighted by Gasteiger charge is 2.26. The van der Waals surface area contributed by atoms with Gasteiger partial charge in [0.2, 0.25) is 0 Å². The van der Waals surface area contributed by atoms with Crippen molar-refractivity contribution >= 4 is 0 Å². The Morgan fingerprint density at radius 2 is 1.97 bits per heavy atom. The summed E-state index contributed by atoms with van der Waals surface area (Å²) in [7, 11) is 5.59. The molecule has 0 saturated carbocycles. The van der Waals surface area contributed by atoms with E-state index in [-0.39, 0.29) is 0 Å².